The molecule has 0 aliphatic rings. The number of aromatic nitrogens is 2. The molecule has 3 aromatic heterocycles. The molecule has 4 rings (SSSR count). The quantitative estimate of drug-likeness (QED) is 0.263. The summed E-state index contributed by atoms with van der Waals surface area (Å²) in [5, 5.41) is 10.9. The Kier molecular flexibility index (Phi) is 8.74. The van der Waals surface area contributed by atoms with Gasteiger partial charge in [0.2, 0.25) is 10.0 Å². The lowest BCUT2D eigenvalue weighted by Gasteiger charge is -2.26. The molecule has 0 bridgehead atoms. The van der Waals surface area contributed by atoms with Crippen molar-refractivity contribution in [1.29, 1.82) is 0 Å². The van der Waals surface area contributed by atoms with Crippen molar-refractivity contribution in [1.82, 2.24) is 14.3 Å². The van der Waals surface area contributed by atoms with Crippen LogP contribution in [0.2, 0.25) is 5.02 Å². The molecule has 0 unspecified atom stereocenters. The van der Waals surface area contributed by atoms with Gasteiger partial charge in [0, 0.05) is 33.5 Å². The molecule has 0 aliphatic carbocycles. The van der Waals surface area contributed by atoms with Crippen LogP contribution in [-0.4, -0.2) is 52.0 Å². The minimum atomic E-state index is -4.02. The molecule has 0 saturated carbocycles. The van der Waals surface area contributed by atoms with Gasteiger partial charge >= 0.3 is 12.1 Å². The Morgan fingerprint density at radius 2 is 1.85 bits per heavy atom. The number of hydrogen-bond acceptors (Lipinski definition) is 8. The van der Waals surface area contributed by atoms with E-state index in [1.165, 1.54) is 46.2 Å². The van der Waals surface area contributed by atoms with E-state index in [1.54, 1.807) is 39.0 Å². The molecule has 0 fully saturated rings. The highest BCUT2D eigenvalue weighted by molar-refractivity contribution is 7.89. The Labute approximate surface area is 240 Å². The maximum atomic E-state index is 13.7. The normalized spacial score (nSPS) is 12.0. The molecular weight excluding hydrogens is 576 g/mol. The fraction of sp³-hybridized carbons (Fsp3) is 0.259. The maximum Gasteiger partial charge on any atom is 0.416 e. The first kappa shape index (κ1) is 29.4. The summed E-state index contributed by atoms with van der Waals surface area (Å²) in [7, 11) is -4.02. The standard InChI is InChI=1S/C27H27ClN4O6S2/c1-27(2,3)38-26(35)32(17-25(33)34)24-8-4-6-20(30-24)15-31(40(36,37)22-7-5-11-29-14-22)16-21-12-18-9-10-19(28)13-23(18)39-21/h4-14H,15-17H2,1-3H3,(H,33,34). The van der Waals surface area contributed by atoms with E-state index in [0.717, 1.165) is 19.9 Å². The zero-order valence-electron chi connectivity index (χ0n) is 21.9. The number of anilines is 1. The topological polar surface area (TPSA) is 130 Å². The molecule has 0 radical (unpaired) electrons. The van der Waals surface area contributed by atoms with Gasteiger partial charge in [0.1, 0.15) is 22.9 Å². The van der Waals surface area contributed by atoms with Crippen molar-refractivity contribution in [2.75, 3.05) is 11.4 Å². The number of halogens is 1. The number of carboxylic acids is 1. The molecule has 0 aliphatic heterocycles. The van der Waals surface area contributed by atoms with E-state index in [2.05, 4.69) is 9.97 Å². The molecule has 1 aromatic carbocycles. The summed E-state index contributed by atoms with van der Waals surface area (Å²) in [5.74, 6) is -1.24. The van der Waals surface area contributed by atoms with E-state index in [1.807, 2.05) is 18.2 Å². The number of fused-ring (bicyclic) bond motifs is 1. The summed E-state index contributed by atoms with van der Waals surface area (Å²) in [5.41, 5.74) is -0.567. The SMILES string of the molecule is CC(C)(C)OC(=O)N(CC(=O)O)c1cccc(CN(Cc2cc3ccc(Cl)cc3s2)S(=O)(=O)c2cccnc2)n1. The molecule has 10 nitrogen and oxygen atoms in total. The smallest absolute Gasteiger partial charge is 0.416 e. The van der Waals surface area contributed by atoms with Crippen LogP contribution in [0, 0.1) is 0 Å². The summed E-state index contributed by atoms with van der Waals surface area (Å²) in [6, 6.07) is 15.0. The van der Waals surface area contributed by atoms with Crippen LogP contribution in [0.25, 0.3) is 10.1 Å². The third kappa shape index (κ3) is 7.33. The van der Waals surface area contributed by atoms with Crippen LogP contribution in [-0.2, 0) is 32.6 Å². The van der Waals surface area contributed by atoms with E-state index >= 15 is 0 Å². The van der Waals surface area contributed by atoms with Gasteiger partial charge in [-0.2, -0.15) is 4.31 Å². The number of benzene rings is 1. The number of pyridine rings is 2. The average Bonchev–Trinajstić information content (AvgIpc) is 3.28. The number of carbonyl (C=O) groups excluding carboxylic acids is 1. The molecule has 0 spiro atoms. The lowest BCUT2D eigenvalue weighted by molar-refractivity contribution is -0.135. The molecule has 13 heteroatoms. The lowest BCUT2D eigenvalue weighted by Crippen LogP contribution is -2.40. The molecular formula is C27H27ClN4O6S2. The highest BCUT2D eigenvalue weighted by Crippen LogP contribution is 2.31. The average molecular weight is 603 g/mol. The van der Waals surface area contributed by atoms with Gasteiger partial charge < -0.3 is 9.84 Å². The minimum absolute atomic E-state index is 0.0107. The number of amides is 1. The van der Waals surface area contributed by atoms with Crippen molar-refractivity contribution in [3.05, 3.63) is 82.6 Å². The first-order valence-electron chi connectivity index (χ1n) is 12.1. The Morgan fingerprint density at radius 3 is 2.52 bits per heavy atom. The number of thiophene rings is 1. The van der Waals surface area contributed by atoms with Gasteiger partial charge in [-0.1, -0.05) is 23.7 Å². The van der Waals surface area contributed by atoms with Gasteiger partial charge in [0.25, 0.3) is 0 Å². The molecule has 1 amide bonds. The van der Waals surface area contributed by atoms with Crippen molar-refractivity contribution >= 4 is 60.9 Å². The van der Waals surface area contributed by atoms with Crippen LogP contribution >= 0.6 is 22.9 Å². The van der Waals surface area contributed by atoms with Crippen molar-refractivity contribution in [3.8, 4) is 0 Å². The van der Waals surface area contributed by atoms with Gasteiger partial charge in [0.05, 0.1) is 12.2 Å². The Hall–Kier alpha value is -3.58. The Morgan fingerprint density at radius 1 is 1.07 bits per heavy atom. The van der Waals surface area contributed by atoms with Gasteiger partial charge in [-0.05, 0) is 68.6 Å². The third-order valence-electron chi connectivity index (χ3n) is 5.45. The van der Waals surface area contributed by atoms with Gasteiger partial charge in [-0.15, -0.1) is 11.3 Å². The third-order valence-corrected chi connectivity index (χ3v) is 8.54. The van der Waals surface area contributed by atoms with Crippen LogP contribution in [0.3, 0.4) is 0 Å². The highest BCUT2D eigenvalue weighted by atomic mass is 35.5. The predicted molar refractivity (Wildman–Crippen MR) is 153 cm³/mol. The zero-order chi connectivity index (χ0) is 29.1. The van der Waals surface area contributed by atoms with Crippen LogP contribution in [0.15, 0.2) is 71.9 Å². The Balaban J connectivity index is 1.70. The van der Waals surface area contributed by atoms with Gasteiger partial charge in [-0.3, -0.25) is 14.7 Å². The molecule has 210 valence electrons. The van der Waals surface area contributed by atoms with Crippen molar-refractivity contribution in [2.45, 2.75) is 44.4 Å². The van der Waals surface area contributed by atoms with E-state index in [9.17, 15) is 23.1 Å². The van der Waals surface area contributed by atoms with Crippen molar-refractivity contribution in [2.24, 2.45) is 0 Å². The van der Waals surface area contributed by atoms with E-state index in [-0.39, 0.29) is 23.8 Å². The maximum absolute atomic E-state index is 13.7. The number of ether oxygens (including phenoxy) is 1. The monoisotopic (exact) mass is 602 g/mol. The number of carboxylic acid groups (broad SMARTS) is 1. The number of sulfonamides is 1. The fourth-order valence-electron chi connectivity index (χ4n) is 3.76. The molecule has 4 aromatic rings. The van der Waals surface area contributed by atoms with E-state index in [4.69, 9.17) is 16.3 Å². The first-order chi connectivity index (χ1) is 18.8. The summed E-state index contributed by atoms with van der Waals surface area (Å²) < 4.78 is 35.0. The highest BCUT2D eigenvalue weighted by Gasteiger charge is 2.29. The van der Waals surface area contributed by atoms with Crippen molar-refractivity contribution in [3.63, 3.8) is 0 Å². The second-order valence-electron chi connectivity index (χ2n) is 9.80. The number of rotatable bonds is 9. The van der Waals surface area contributed by atoms with Crippen LogP contribution in [0.1, 0.15) is 31.3 Å². The van der Waals surface area contributed by atoms with Crippen LogP contribution in [0.4, 0.5) is 10.6 Å². The largest absolute Gasteiger partial charge is 0.480 e. The minimum Gasteiger partial charge on any atom is -0.480 e. The number of hydrogen-bond donors (Lipinski definition) is 1. The lowest BCUT2D eigenvalue weighted by atomic mass is 10.2. The number of nitrogens with zero attached hydrogens (tertiary/aromatic N) is 4. The first-order valence-corrected chi connectivity index (χ1v) is 14.7. The molecule has 1 N–H and O–H groups in total. The molecule has 40 heavy (non-hydrogen) atoms. The fourth-order valence-corrected chi connectivity index (χ4v) is 6.56. The van der Waals surface area contributed by atoms with Crippen LogP contribution in [0.5, 0.6) is 0 Å². The second kappa shape index (κ2) is 11.9. The molecule has 3 heterocycles. The van der Waals surface area contributed by atoms with Crippen LogP contribution < -0.4 is 4.90 Å². The van der Waals surface area contributed by atoms with E-state index in [0.29, 0.717) is 10.7 Å². The zero-order valence-corrected chi connectivity index (χ0v) is 24.3. The van der Waals surface area contributed by atoms with Gasteiger partial charge in [0.15, 0.2) is 0 Å². The summed E-state index contributed by atoms with van der Waals surface area (Å²) in [6.45, 7) is 4.18. The predicted octanol–water partition coefficient (Wildman–Crippen LogP) is 5.56. The van der Waals surface area contributed by atoms with E-state index < -0.39 is 34.2 Å². The summed E-state index contributed by atoms with van der Waals surface area (Å²) >= 11 is 7.56. The molecule has 0 saturated heterocycles. The number of aliphatic carboxylic acids is 1. The van der Waals surface area contributed by atoms with Gasteiger partial charge in [-0.25, -0.2) is 18.2 Å². The number of carbonyl (C=O) groups is 2. The summed E-state index contributed by atoms with van der Waals surface area (Å²) in [4.78, 5) is 34.4. The molecule has 0 atom stereocenters. The van der Waals surface area contributed by atoms with Crippen molar-refractivity contribution < 1.29 is 27.9 Å². The second-order valence-corrected chi connectivity index (χ2v) is 13.3. The summed E-state index contributed by atoms with van der Waals surface area (Å²) in [6.07, 6.45) is 1.87. The Bertz CT molecular complexity index is 1640.